The molecule has 1 amide bonds. The monoisotopic (exact) mass is 336 g/mol. The molecule has 1 N–H and O–H groups in total. The van der Waals surface area contributed by atoms with E-state index in [2.05, 4.69) is 33.9 Å². The second kappa shape index (κ2) is 7.68. The summed E-state index contributed by atoms with van der Waals surface area (Å²) >= 11 is 1.47. The zero-order valence-electron chi connectivity index (χ0n) is 14.3. The number of rotatable bonds is 7. The van der Waals surface area contributed by atoms with Gasteiger partial charge in [0.2, 0.25) is 5.91 Å². The number of nitrogens with one attached hydrogen (secondary N) is 1. The molecule has 0 aliphatic carbocycles. The lowest BCUT2D eigenvalue weighted by atomic mass is 10.3. The van der Waals surface area contributed by atoms with Crippen LogP contribution in [-0.2, 0) is 11.3 Å². The molecule has 126 valence electrons. The number of hydrogen-bond acceptors (Lipinski definition) is 5. The number of carbonyl (C=O) groups is 1. The van der Waals surface area contributed by atoms with Crippen LogP contribution < -0.4 is 5.32 Å². The summed E-state index contributed by atoms with van der Waals surface area (Å²) in [6, 6.07) is 1.70. The summed E-state index contributed by atoms with van der Waals surface area (Å²) in [5, 5.41) is 7.18. The molecular weight excluding hydrogens is 312 g/mol. The molecule has 0 spiro atoms. The van der Waals surface area contributed by atoms with E-state index in [4.69, 9.17) is 4.52 Å². The Bertz CT molecular complexity index is 678. The Morgan fingerprint density at radius 2 is 2.17 bits per heavy atom. The highest BCUT2D eigenvalue weighted by atomic mass is 32.2. The van der Waals surface area contributed by atoms with E-state index in [-0.39, 0.29) is 11.2 Å². The van der Waals surface area contributed by atoms with Crippen LogP contribution in [0.5, 0.6) is 0 Å². The number of thioether (sulfide) groups is 1. The van der Waals surface area contributed by atoms with E-state index in [1.165, 1.54) is 17.5 Å². The first-order valence-electron chi connectivity index (χ1n) is 7.87. The molecule has 6 nitrogen and oxygen atoms in total. The Balaban J connectivity index is 2.05. The van der Waals surface area contributed by atoms with Crippen molar-refractivity contribution in [2.24, 2.45) is 0 Å². The maximum atomic E-state index is 12.3. The number of aryl methyl sites for hydroxylation is 2. The van der Waals surface area contributed by atoms with Crippen molar-refractivity contribution in [3.63, 3.8) is 0 Å². The molecule has 2 rings (SSSR count). The minimum atomic E-state index is -0.270. The van der Waals surface area contributed by atoms with Gasteiger partial charge in [-0.1, -0.05) is 30.3 Å². The van der Waals surface area contributed by atoms with Crippen LogP contribution in [-0.4, -0.2) is 25.9 Å². The molecule has 7 heteroatoms. The number of imidazole rings is 1. The number of carbonyl (C=O) groups excluding carboxylic acids is 1. The van der Waals surface area contributed by atoms with Crippen molar-refractivity contribution in [2.45, 2.75) is 64.4 Å². The van der Waals surface area contributed by atoms with E-state index < -0.39 is 0 Å². The van der Waals surface area contributed by atoms with E-state index in [0.29, 0.717) is 11.6 Å². The summed E-state index contributed by atoms with van der Waals surface area (Å²) in [6.07, 6.45) is 2.23. The molecule has 2 aromatic heterocycles. The second-order valence-electron chi connectivity index (χ2n) is 5.64. The topological polar surface area (TPSA) is 73.0 Å². The quantitative estimate of drug-likeness (QED) is 0.780. The van der Waals surface area contributed by atoms with E-state index in [9.17, 15) is 4.79 Å². The molecule has 2 aromatic rings. The number of amides is 1. The SMILES string of the molecule is CCCCn1c(S[C@@H](C)C(=O)Nc2cc(C)on2)nc(C)c1C. The van der Waals surface area contributed by atoms with Gasteiger partial charge < -0.3 is 14.4 Å². The lowest BCUT2D eigenvalue weighted by molar-refractivity contribution is -0.115. The minimum absolute atomic E-state index is 0.108. The van der Waals surface area contributed by atoms with Crippen LogP contribution in [0.15, 0.2) is 15.7 Å². The normalized spacial score (nSPS) is 12.4. The van der Waals surface area contributed by atoms with Gasteiger partial charge in [0, 0.05) is 18.3 Å². The van der Waals surface area contributed by atoms with Gasteiger partial charge in [-0.05, 0) is 34.1 Å². The van der Waals surface area contributed by atoms with Gasteiger partial charge in [-0.15, -0.1) is 0 Å². The summed E-state index contributed by atoms with van der Waals surface area (Å²) in [5.41, 5.74) is 2.18. The fourth-order valence-electron chi connectivity index (χ4n) is 2.16. The molecule has 2 heterocycles. The van der Waals surface area contributed by atoms with E-state index >= 15 is 0 Å². The Morgan fingerprint density at radius 1 is 1.43 bits per heavy atom. The third-order valence-corrected chi connectivity index (χ3v) is 4.78. The third-order valence-electron chi connectivity index (χ3n) is 3.69. The van der Waals surface area contributed by atoms with Gasteiger partial charge >= 0.3 is 0 Å². The summed E-state index contributed by atoms with van der Waals surface area (Å²) in [6.45, 7) is 10.8. The van der Waals surface area contributed by atoms with Crippen molar-refractivity contribution < 1.29 is 9.32 Å². The first-order chi connectivity index (χ1) is 10.9. The van der Waals surface area contributed by atoms with Crippen LogP contribution in [0.4, 0.5) is 5.82 Å². The Kier molecular flexibility index (Phi) is 5.87. The highest BCUT2D eigenvalue weighted by Gasteiger charge is 2.20. The molecule has 0 unspecified atom stereocenters. The van der Waals surface area contributed by atoms with Crippen LogP contribution in [0.2, 0.25) is 0 Å². The second-order valence-corrected chi connectivity index (χ2v) is 6.95. The van der Waals surface area contributed by atoms with E-state index in [1.807, 2.05) is 13.8 Å². The zero-order chi connectivity index (χ0) is 17.0. The summed E-state index contributed by atoms with van der Waals surface area (Å²) in [4.78, 5) is 16.9. The minimum Gasteiger partial charge on any atom is -0.360 e. The molecule has 0 aliphatic rings. The fraction of sp³-hybridized carbons (Fsp3) is 0.562. The van der Waals surface area contributed by atoms with E-state index in [0.717, 1.165) is 30.2 Å². The van der Waals surface area contributed by atoms with Crippen molar-refractivity contribution in [3.05, 3.63) is 23.2 Å². The molecule has 23 heavy (non-hydrogen) atoms. The van der Waals surface area contributed by atoms with Crippen LogP contribution in [0.3, 0.4) is 0 Å². The molecule has 0 aromatic carbocycles. The van der Waals surface area contributed by atoms with E-state index in [1.54, 1.807) is 13.0 Å². The highest BCUT2D eigenvalue weighted by molar-refractivity contribution is 8.00. The predicted molar refractivity (Wildman–Crippen MR) is 91.8 cm³/mol. The number of aromatic nitrogens is 3. The molecule has 1 atom stereocenters. The van der Waals surface area contributed by atoms with Crippen molar-refractivity contribution in [3.8, 4) is 0 Å². The summed E-state index contributed by atoms with van der Waals surface area (Å²) < 4.78 is 7.16. The molecule has 0 saturated carbocycles. The average Bonchev–Trinajstić information content (AvgIpc) is 3.02. The Labute approximate surface area is 141 Å². The lowest BCUT2D eigenvalue weighted by Gasteiger charge is -2.13. The average molecular weight is 336 g/mol. The molecular formula is C16H24N4O2S. The van der Waals surface area contributed by atoms with Gasteiger partial charge in [0.15, 0.2) is 11.0 Å². The Hall–Kier alpha value is -1.76. The van der Waals surface area contributed by atoms with Crippen LogP contribution >= 0.6 is 11.8 Å². The molecule has 0 radical (unpaired) electrons. The van der Waals surface area contributed by atoms with Crippen LogP contribution in [0.25, 0.3) is 0 Å². The number of unbranched alkanes of at least 4 members (excludes halogenated alkanes) is 1. The molecule has 0 saturated heterocycles. The fourth-order valence-corrected chi connectivity index (χ4v) is 3.19. The van der Waals surface area contributed by atoms with Gasteiger partial charge in [-0.25, -0.2) is 4.98 Å². The van der Waals surface area contributed by atoms with Gasteiger partial charge in [0.1, 0.15) is 5.76 Å². The smallest absolute Gasteiger partial charge is 0.238 e. The van der Waals surface area contributed by atoms with Gasteiger partial charge in [0.25, 0.3) is 0 Å². The lowest BCUT2D eigenvalue weighted by Crippen LogP contribution is -2.23. The number of hydrogen-bond donors (Lipinski definition) is 1. The summed E-state index contributed by atoms with van der Waals surface area (Å²) in [5.74, 6) is 1.01. The maximum absolute atomic E-state index is 12.3. The van der Waals surface area contributed by atoms with Gasteiger partial charge in [-0.2, -0.15) is 0 Å². The van der Waals surface area contributed by atoms with Crippen LogP contribution in [0.1, 0.15) is 43.8 Å². The van der Waals surface area contributed by atoms with Gasteiger partial charge in [-0.3, -0.25) is 4.79 Å². The molecule has 0 fully saturated rings. The van der Waals surface area contributed by atoms with Crippen molar-refractivity contribution in [2.75, 3.05) is 5.32 Å². The summed E-state index contributed by atoms with van der Waals surface area (Å²) in [7, 11) is 0. The molecule has 0 aliphatic heterocycles. The van der Waals surface area contributed by atoms with Gasteiger partial charge in [0.05, 0.1) is 10.9 Å². The zero-order valence-corrected chi connectivity index (χ0v) is 15.2. The maximum Gasteiger partial charge on any atom is 0.238 e. The standard InChI is InChI=1S/C16H24N4O2S/c1-6-7-8-20-12(4)11(3)17-16(20)23-13(5)15(21)18-14-9-10(2)22-19-14/h9,13H,6-8H2,1-5H3,(H,18,19,21)/t13-/m0/s1. The predicted octanol–water partition coefficient (Wildman–Crippen LogP) is 3.72. The number of anilines is 1. The van der Waals surface area contributed by atoms with Crippen LogP contribution in [0, 0.1) is 20.8 Å². The van der Waals surface area contributed by atoms with Crippen molar-refractivity contribution in [1.82, 2.24) is 14.7 Å². The third kappa shape index (κ3) is 4.37. The Morgan fingerprint density at radius 3 is 2.78 bits per heavy atom. The van der Waals surface area contributed by atoms with Crippen molar-refractivity contribution in [1.29, 1.82) is 0 Å². The highest BCUT2D eigenvalue weighted by Crippen LogP contribution is 2.26. The molecule has 0 bridgehead atoms. The first-order valence-corrected chi connectivity index (χ1v) is 8.75. The number of nitrogens with zero attached hydrogens (tertiary/aromatic N) is 3. The first kappa shape index (κ1) is 17.6. The van der Waals surface area contributed by atoms with Crippen molar-refractivity contribution >= 4 is 23.5 Å². The largest absolute Gasteiger partial charge is 0.360 e.